The van der Waals surface area contributed by atoms with Gasteiger partial charge in [0.05, 0.1) is 0 Å². The quantitative estimate of drug-likeness (QED) is 0.535. The molecular weight excluding hydrogens is 164 g/mol. The topological polar surface area (TPSA) is 55.1 Å². The Morgan fingerprint density at radius 3 is 2.46 bits per heavy atom. The van der Waals surface area contributed by atoms with E-state index in [4.69, 9.17) is 5.73 Å². The molecule has 13 heavy (non-hydrogen) atoms. The molecule has 0 aromatic rings. The molecule has 0 aliphatic carbocycles. The van der Waals surface area contributed by atoms with Gasteiger partial charge < -0.3 is 11.1 Å². The Balaban J connectivity index is 2.87. The molecule has 0 saturated heterocycles. The summed E-state index contributed by atoms with van der Waals surface area (Å²) < 4.78 is 0. The minimum absolute atomic E-state index is 0.182. The normalized spacial score (nSPS) is 10.2. The third-order valence-electron chi connectivity index (χ3n) is 1.98. The molecule has 0 aliphatic rings. The second-order valence-corrected chi connectivity index (χ2v) is 3.38. The summed E-state index contributed by atoms with van der Waals surface area (Å²) in [6, 6.07) is 0. The van der Waals surface area contributed by atoms with Gasteiger partial charge in [0, 0.05) is 6.42 Å². The van der Waals surface area contributed by atoms with E-state index in [1.165, 1.54) is 12.8 Å². The fourth-order valence-electron chi connectivity index (χ4n) is 1.15. The van der Waals surface area contributed by atoms with Gasteiger partial charge in [-0.25, -0.2) is 0 Å². The number of rotatable bonds is 9. The molecule has 0 rings (SSSR count). The van der Waals surface area contributed by atoms with Crippen molar-refractivity contribution in [2.75, 3.05) is 13.1 Å². The zero-order valence-electron chi connectivity index (χ0n) is 8.64. The molecule has 0 fully saturated rings. The molecule has 0 radical (unpaired) electrons. The molecule has 0 aliphatic heterocycles. The molecule has 0 unspecified atom stereocenters. The van der Waals surface area contributed by atoms with E-state index in [9.17, 15) is 4.79 Å². The maximum atomic E-state index is 10.4. The molecule has 0 aromatic heterocycles. The predicted molar refractivity (Wildman–Crippen MR) is 55.4 cm³/mol. The van der Waals surface area contributed by atoms with Crippen molar-refractivity contribution in [1.29, 1.82) is 0 Å². The number of amides is 1. The summed E-state index contributed by atoms with van der Waals surface area (Å²) in [7, 11) is 0. The number of primary amides is 1. The molecule has 0 bridgehead atoms. The van der Waals surface area contributed by atoms with Crippen molar-refractivity contribution in [3.8, 4) is 0 Å². The van der Waals surface area contributed by atoms with E-state index in [2.05, 4.69) is 12.2 Å². The van der Waals surface area contributed by atoms with Crippen molar-refractivity contribution in [2.24, 2.45) is 5.73 Å². The highest BCUT2D eigenvalue weighted by Crippen LogP contribution is 1.97. The van der Waals surface area contributed by atoms with Crippen LogP contribution >= 0.6 is 0 Å². The third-order valence-corrected chi connectivity index (χ3v) is 1.98. The fraction of sp³-hybridized carbons (Fsp3) is 0.900. The van der Waals surface area contributed by atoms with Crippen molar-refractivity contribution in [1.82, 2.24) is 5.32 Å². The minimum atomic E-state index is -0.182. The first-order valence-corrected chi connectivity index (χ1v) is 5.26. The summed E-state index contributed by atoms with van der Waals surface area (Å²) in [4.78, 5) is 10.4. The molecule has 0 heterocycles. The highest BCUT2D eigenvalue weighted by Gasteiger charge is 1.93. The number of nitrogens with one attached hydrogen (secondary N) is 1. The second kappa shape index (κ2) is 9.52. The average molecular weight is 186 g/mol. The van der Waals surface area contributed by atoms with Gasteiger partial charge in [-0.2, -0.15) is 0 Å². The predicted octanol–water partition coefficient (Wildman–Crippen LogP) is 1.42. The van der Waals surface area contributed by atoms with E-state index in [1.54, 1.807) is 0 Å². The van der Waals surface area contributed by atoms with Gasteiger partial charge in [-0.3, -0.25) is 4.79 Å². The third kappa shape index (κ3) is 11.4. The highest BCUT2D eigenvalue weighted by molar-refractivity contribution is 5.73. The van der Waals surface area contributed by atoms with Crippen LogP contribution in [0.25, 0.3) is 0 Å². The van der Waals surface area contributed by atoms with Crippen LogP contribution in [0.5, 0.6) is 0 Å². The first-order valence-electron chi connectivity index (χ1n) is 5.26. The van der Waals surface area contributed by atoms with Crippen LogP contribution < -0.4 is 11.1 Å². The standard InChI is InChI=1S/C10H22N2O/c1-2-3-8-12-9-6-4-5-7-10(11)13/h12H,2-9H2,1H3,(H2,11,13). The van der Waals surface area contributed by atoms with Gasteiger partial charge in [0.25, 0.3) is 0 Å². The number of hydrogen-bond acceptors (Lipinski definition) is 2. The zero-order chi connectivity index (χ0) is 9.94. The van der Waals surface area contributed by atoms with Gasteiger partial charge in [-0.05, 0) is 32.4 Å². The number of nitrogens with two attached hydrogens (primary N) is 1. The van der Waals surface area contributed by atoms with E-state index < -0.39 is 0 Å². The molecule has 78 valence electrons. The summed E-state index contributed by atoms with van der Waals surface area (Å²) in [5, 5.41) is 3.36. The van der Waals surface area contributed by atoms with E-state index >= 15 is 0 Å². The number of carbonyl (C=O) groups excluding carboxylic acids is 1. The lowest BCUT2D eigenvalue weighted by atomic mass is 10.2. The smallest absolute Gasteiger partial charge is 0.217 e. The maximum absolute atomic E-state index is 10.4. The summed E-state index contributed by atoms with van der Waals surface area (Å²) in [5.41, 5.74) is 5.02. The van der Waals surface area contributed by atoms with Gasteiger partial charge in [-0.15, -0.1) is 0 Å². The SMILES string of the molecule is CCCCNCCCCCC(N)=O. The monoisotopic (exact) mass is 186 g/mol. The Labute approximate surface area is 81.1 Å². The molecule has 0 saturated carbocycles. The summed E-state index contributed by atoms with van der Waals surface area (Å²) in [5.74, 6) is -0.182. The number of unbranched alkanes of at least 4 members (excludes halogenated alkanes) is 3. The first-order chi connectivity index (χ1) is 6.27. The van der Waals surface area contributed by atoms with Gasteiger partial charge in [0.15, 0.2) is 0 Å². The van der Waals surface area contributed by atoms with Crippen molar-refractivity contribution in [3.63, 3.8) is 0 Å². The highest BCUT2D eigenvalue weighted by atomic mass is 16.1. The molecular formula is C10H22N2O. The van der Waals surface area contributed by atoms with E-state index in [1.807, 2.05) is 0 Å². The second-order valence-electron chi connectivity index (χ2n) is 3.38. The van der Waals surface area contributed by atoms with Crippen LogP contribution in [-0.4, -0.2) is 19.0 Å². The lowest BCUT2D eigenvalue weighted by Crippen LogP contribution is -2.16. The fourth-order valence-corrected chi connectivity index (χ4v) is 1.15. The van der Waals surface area contributed by atoms with Crippen LogP contribution in [0.3, 0.4) is 0 Å². The van der Waals surface area contributed by atoms with Crippen LogP contribution in [-0.2, 0) is 4.79 Å². The van der Waals surface area contributed by atoms with E-state index in [0.717, 1.165) is 32.4 Å². The molecule has 3 heteroatoms. The zero-order valence-corrected chi connectivity index (χ0v) is 8.64. The van der Waals surface area contributed by atoms with Gasteiger partial charge in [0.1, 0.15) is 0 Å². The van der Waals surface area contributed by atoms with Crippen LogP contribution in [0.1, 0.15) is 45.4 Å². The molecule has 3 nitrogen and oxygen atoms in total. The van der Waals surface area contributed by atoms with E-state index in [0.29, 0.717) is 6.42 Å². The van der Waals surface area contributed by atoms with Crippen molar-refractivity contribution in [2.45, 2.75) is 45.4 Å². The van der Waals surface area contributed by atoms with Gasteiger partial charge >= 0.3 is 0 Å². The summed E-state index contributed by atoms with van der Waals surface area (Å²) in [6.07, 6.45) is 6.22. The molecule has 3 N–H and O–H groups in total. The average Bonchev–Trinajstić information content (AvgIpc) is 2.09. The molecule has 0 spiro atoms. The molecule has 1 amide bonds. The van der Waals surface area contributed by atoms with Crippen LogP contribution in [0.4, 0.5) is 0 Å². The number of hydrogen-bond donors (Lipinski definition) is 2. The largest absolute Gasteiger partial charge is 0.370 e. The Hall–Kier alpha value is -0.570. The van der Waals surface area contributed by atoms with E-state index in [-0.39, 0.29) is 5.91 Å². The van der Waals surface area contributed by atoms with Gasteiger partial charge in [0.2, 0.25) is 5.91 Å². The van der Waals surface area contributed by atoms with Crippen molar-refractivity contribution < 1.29 is 4.79 Å². The van der Waals surface area contributed by atoms with Gasteiger partial charge in [-0.1, -0.05) is 19.8 Å². The Morgan fingerprint density at radius 1 is 1.15 bits per heavy atom. The molecule has 0 atom stereocenters. The Morgan fingerprint density at radius 2 is 1.85 bits per heavy atom. The lowest BCUT2D eigenvalue weighted by molar-refractivity contribution is -0.118. The maximum Gasteiger partial charge on any atom is 0.217 e. The minimum Gasteiger partial charge on any atom is -0.370 e. The van der Waals surface area contributed by atoms with Crippen molar-refractivity contribution in [3.05, 3.63) is 0 Å². The number of carbonyl (C=O) groups is 1. The van der Waals surface area contributed by atoms with Crippen LogP contribution in [0.2, 0.25) is 0 Å². The first kappa shape index (κ1) is 12.4. The molecule has 0 aromatic carbocycles. The summed E-state index contributed by atoms with van der Waals surface area (Å²) in [6.45, 7) is 4.37. The van der Waals surface area contributed by atoms with Crippen molar-refractivity contribution >= 4 is 5.91 Å². The Bertz CT molecular complexity index is 126. The lowest BCUT2D eigenvalue weighted by Gasteiger charge is -2.02. The van der Waals surface area contributed by atoms with Crippen LogP contribution in [0.15, 0.2) is 0 Å². The Kier molecular flexibility index (Phi) is 9.10. The summed E-state index contributed by atoms with van der Waals surface area (Å²) >= 11 is 0. The van der Waals surface area contributed by atoms with Crippen LogP contribution in [0, 0.1) is 0 Å².